The highest BCUT2D eigenvalue weighted by molar-refractivity contribution is 5.93. The molecule has 0 heterocycles. The van der Waals surface area contributed by atoms with E-state index in [1.165, 1.54) is 0 Å². The number of benzene rings is 2. The molecule has 35 heteroatoms. The Balaban J connectivity index is 1.44. The summed E-state index contributed by atoms with van der Waals surface area (Å²) in [5.41, 5.74) is 1.47. The van der Waals surface area contributed by atoms with Crippen LogP contribution in [0.1, 0.15) is 88.2 Å². The number of ether oxygens (including phenoxy) is 10. The van der Waals surface area contributed by atoms with Gasteiger partial charge in [-0.3, -0.25) is 43.2 Å². The van der Waals surface area contributed by atoms with Crippen molar-refractivity contribution in [3.63, 3.8) is 0 Å². The molecule has 2 aromatic rings. The number of carbonyl (C=O) groups is 10. The number of amides is 5. The summed E-state index contributed by atoms with van der Waals surface area (Å²) >= 11 is 0. The van der Waals surface area contributed by atoms with E-state index in [-0.39, 0.29) is 135 Å². The van der Waals surface area contributed by atoms with E-state index in [1.54, 1.807) is 54.6 Å². The van der Waals surface area contributed by atoms with Crippen LogP contribution in [0.15, 0.2) is 60.7 Å². The molecule has 2 aromatic carbocycles. The summed E-state index contributed by atoms with van der Waals surface area (Å²) in [6.45, 7) is 0.433. The molecule has 0 aliphatic carbocycles. The third kappa shape index (κ3) is 46.5. The highest BCUT2D eigenvalue weighted by Gasteiger charge is 2.33. The number of aliphatic hydroxyl groups excluding tert-OH is 10. The number of ketones is 4. The van der Waals surface area contributed by atoms with Gasteiger partial charge in [0.15, 0.2) is 11.6 Å². The molecule has 0 saturated heterocycles. The smallest absolute Gasteiger partial charge is 0.408 e. The Morgan fingerprint density at radius 3 is 1.25 bits per heavy atom. The van der Waals surface area contributed by atoms with E-state index in [0.29, 0.717) is 84.7 Å². The molecule has 0 aliphatic heterocycles. The van der Waals surface area contributed by atoms with E-state index in [9.17, 15) is 88.8 Å². The number of nitrogens with one attached hydrogen (secondary N) is 5. The second-order valence-electron chi connectivity index (χ2n) is 23.4. The van der Waals surface area contributed by atoms with Gasteiger partial charge in [-0.25, -0.2) is 4.79 Å². The molecule has 2 rings (SSSR count). The predicted octanol–water partition coefficient (Wildman–Crippen LogP) is -3.93. The number of esters is 1. The Bertz CT molecular complexity index is 2690. The fourth-order valence-electron chi connectivity index (χ4n) is 8.91. The first-order valence-electron chi connectivity index (χ1n) is 34.1. The van der Waals surface area contributed by atoms with E-state index in [4.69, 9.17) is 57.6 Å². The van der Waals surface area contributed by atoms with Crippen molar-refractivity contribution in [3.8, 4) is 0 Å². The molecule has 103 heavy (non-hydrogen) atoms. The lowest BCUT2D eigenvalue weighted by Gasteiger charge is -2.26. The molecule has 15 N–H and O–H groups in total. The van der Waals surface area contributed by atoms with E-state index >= 15 is 0 Å². The van der Waals surface area contributed by atoms with Crippen LogP contribution in [0, 0.1) is 5.92 Å². The van der Waals surface area contributed by atoms with Gasteiger partial charge in [0.25, 0.3) is 0 Å². The van der Waals surface area contributed by atoms with Crippen molar-refractivity contribution in [2.45, 2.75) is 145 Å². The summed E-state index contributed by atoms with van der Waals surface area (Å²) in [4.78, 5) is 126. The Kier molecular flexibility index (Phi) is 52.1. The summed E-state index contributed by atoms with van der Waals surface area (Å²) in [6, 6.07) is 16.5. The van der Waals surface area contributed by atoms with Gasteiger partial charge >= 0.3 is 12.1 Å². The van der Waals surface area contributed by atoms with Crippen molar-refractivity contribution in [3.05, 3.63) is 71.8 Å². The second-order valence-corrected chi connectivity index (χ2v) is 23.4. The third-order valence-electron chi connectivity index (χ3n) is 15.0. The molecule has 0 radical (unpaired) electrons. The number of alkyl carbamates (subject to hydrolysis) is 1. The number of rotatable bonds is 65. The van der Waals surface area contributed by atoms with E-state index in [2.05, 4.69) is 26.6 Å². The molecule has 0 bridgehead atoms. The van der Waals surface area contributed by atoms with Crippen LogP contribution in [0.3, 0.4) is 0 Å². The van der Waals surface area contributed by atoms with Crippen molar-refractivity contribution in [2.75, 3.05) is 145 Å². The normalized spacial score (nSPS) is 14.3. The van der Waals surface area contributed by atoms with Gasteiger partial charge < -0.3 is 125 Å². The average molecular weight is 1470 g/mol. The SMILES string of the molecule is O=C(CCCOCCOCCOCCOCCOCCOCCOCCOCCC(=O)C[C@@H](CCC(=O)NC[C@H](O)[C@@H](O)[C@H](O)[C@H](O)CO)C(=O)NC[C@H](O)[C@@H](O)[C@H](O)[C@H](O)CO)CCC(=O)CNC(=O)CCC(=O)CNC(=O)[C@H](CCC(=O)OCc1ccccc1)NC(=O)OCc1ccccc1. The molecular weight excluding hydrogens is 1370 g/mol. The fourth-order valence-corrected chi connectivity index (χ4v) is 8.91. The molecule has 0 spiro atoms. The quantitative estimate of drug-likeness (QED) is 0.0222. The van der Waals surface area contributed by atoms with Gasteiger partial charge in [-0.15, -0.1) is 0 Å². The van der Waals surface area contributed by atoms with E-state index in [1.807, 2.05) is 6.07 Å². The summed E-state index contributed by atoms with van der Waals surface area (Å²) in [6.07, 6.45) is -17.4. The van der Waals surface area contributed by atoms with Crippen molar-refractivity contribution in [2.24, 2.45) is 5.92 Å². The monoisotopic (exact) mass is 1470 g/mol. The minimum atomic E-state index is -1.98. The van der Waals surface area contributed by atoms with Crippen LogP contribution in [0.5, 0.6) is 0 Å². The average Bonchev–Trinajstić information content (AvgIpc) is 0.912. The van der Waals surface area contributed by atoms with Crippen LogP contribution < -0.4 is 26.6 Å². The zero-order valence-electron chi connectivity index (χ0n) is 58.1. The largest absolute Gasteiger partial charge is 0.461 e. The Labute approximate surface area is 597 Å². The minimum absolute atomic E-state index is 0.00888. The minimum Gasteiger partial charge on any atom is -0.461 e. The van der Waals surface area contributed by atoms with Gasteiger partial charge in [0, 0.05) is 83.4 Å². The highest BCUT2D eigenvalue weighted by Crippen LogP contribution is 2.16. The Hall–Kier alpha value is -6.98. The lowest BCUT2D eigenvalue weighted by Crippen LogP contribution is -2.50. The van der Waals surface area contributed by atoms with Crippen LogP contribution in [-0.2, 0) is 104 Å². The second kappa shape index (κ2) is 58.3. The highest BCUT2D eigenvalue weighted by atomic mass is 16.6. The topological polar surface area (TPSA) is 525 Å². The van der Waals surface area contributed by atoms with Crippen molar-refractivity contribution in [1.29, 1.82) is 0 Å². The lowest BCUT2D eigenvalue weighted by atomic mass is 9.94. The summed E-state index contributed by atoms with van der Waals surface area (Å²) in [5.74, 6) is -6.13. The Morgan fingerprint density at radius 1 is 0.359 bits per heavy atom. The standard InChI is InChI=1S/C68H107N5O30/c74-43-57(82)64(89)62(87)55(80)41-70-59(84)18-13-49(66(91)72-42-56(81)63(88)65(90)58(83)44-75)38-51(77)21-23-95-25-27-97-29-31-99-33-35-101-37-36-100-34-32-98-30-28-96-26-24-94-22-7-12-50(76)14-15-52(78)39-69-60(85)19-16-53(79)40-71-67(92)54(73-68(93)103-46-48-10-5-2-6-11-48)17-20-61(86)102-45-47-8-3-1-4-9-47/h1-6,8-11,49,54-58,62-65,74-75,80-83,87-90H,7,12-46H2,(H,69,85)(H,70,84)(H,71,92)(H,72,91)(H,73,93)/t49-,54+,55+,56+,57-,58-,62-,63-,64-,65-/m1/s1. The number of Topliss-reactive ketones (excluding diaryl/α,β-unsaturated/α-hetero) is 4. The Morgan fingerprint density at radius 2 is 0.767 bits per heavy atom. The zero-order chi connectivity index (χ0) is 75.8. The van der Waals surface area contributed by atoms with Gasteiger partial charge in [0.05, 0.1) is 138 Å². The van der Waals surface area contributed by atoms with Crippen LogP contribution in [0.2, 0.25) is 0 Å². The summed E-state index contributed by atoms with van der Waals surface area (Å²) < 4.78 is 54.4. The molecule has 0 aromatic heterocycles. The molecule has 0 unspecified atom stereocenters. The van der Waals surface area contributed by atoms with E-state index < -0.39 is 141 Å². The molecule has 0 fully saturated rings. The van der Waals surface area contributed by atoms with Gasteiger partial charge in [0.2, 0.25) is 23.6 Å². The molecule has 0 saturated carbocycles. The first-order chi connectivity index (χ1) is 49.5. The van der Waals surface area contributed by atoms with Crippen LogP contribution in [-0.4, -0.2) is 310 Å². The maximum Gasteiger partial charge on any atom is 0.408 e. The first-order valence-corrected chi connectivity index (χ1v) is 34.1. The zero-order valence-corrected chi connectivity index (χ0v) is 58.1. The van der Waals surface area contributed by atoms with Gasteiger partial charge in [-0.1, -0.05) is 60.7 Å². The predicted molar refractivity (Wildman–Crippen MR) is 360 cm³/mol. The number of hydrogen-bond acceptors (Lipinski definition) is 30. The summed E-state index contributed by atoms with van der Waals surface area (Å²) in [7, 11) is 0. The molecule has 584 valence electrons. The maximum atomic E-state index is 13.1. The lowest BCUT2D eigenvalue weighted by molar-refractivity contribution is -0.145. The molecule has 0 aliphatic rings. The molecule has 35 nitrogen and oxygen atoms in total. The van der Waals surface area contributed by atoms with Crippen LogP contribution in [0.25, 0.3) is 0 Å². The van der Waals surface area contributed by atoms with Crippen molar-refractivity contribution in [1.82, 2.24) is 26.6 Å². The van der Waals surface area contributed by atoms with Crippen LogP contribution >= 0.6 is 0 Å². The van der Waals surface area contributed by atoms with Crippen molar-refractivity contribution >= 4 is 58.8 Å². The van der Waals surface area contributed by atoms with Gasteiger partial charge in [-0.2, -0.15) is 0 Å². The summed E-state index contributed by atoms with van der Waals surface area (Å²) in [5, 5.41) is 109. The van der Waals surface area contributed by atoms with Gasteiger partial charge in [0.1, 0.15) is 67.4 Å². The first kappa shape index (κ1) is 92.1. The van der Waals surface area contributed by atoms with Crippen LogP contribution in [0.4, 0.5) is 4.79 Å². The van der Waals surface area contributed by atoms with Gasteiger partial charge in [-0.05, 0) is 30.4 Å². The molecular formula is C68H107N5O30. The number of hydrogen-bond donors (Lipinski definition) is 15. The molecule has 5 amide bonds. The van der Waals surface area contributed by atoms with Crippen molar-refractivity contribution < 1.29 is 146 Å². The fraction of sp³-hybridized carbons (Fsp3) is 0.676. The maximum absolute atomic E-state index is 13.1. The number of aliphatic hydroxyl groups is 10. The third-order valence-corrected chi connectivity index (χ3v) is 15.0. The molecule has 10 atom stereocenters. The number of carbonyl (C=O) groups excluding carboxylic acids is 10. The van der Waals surface area contributed by atoms with E-state index in [0.717, 1.165) is 5.56 Å².